The molecule has 0 spiro atoms. The number of anilines is 2. The van der Waals surface area contributed by atoms with E-state index in [0.717, 1.165) is 34.8 Å². The summed E-state index contributed by atoms with van der Waals surface area (Å²) < 4.78 is 5.99. The van der Waals surface area contributed by atoms with Crippen molar-refractivity contribution >= 4 is 39.8 Å². The van der Waals surface area contributed by atoms with E-state index in [4.69, 9.17) is 21.4 Å². The van der Waals surface area contributed by atoms with Gasteiger partial charge in [0, 0.05) is 23.5 Å². The quantitative estimate of drug-likeness (QED) is 0.373. The van der Waals surface area contributed by atoms with Crippen molar-refractivity contribution in [1.82, 2.24) is 0 Å². The zero-order valence-corrected chi connectivity index (χ0v) is 15.0. The summed E-state index contributed by atoms with van der Waals surface area (Å²) in [5.74, 6) is 0.181. The Bertz CT molecular complexity index is 947. The molecular formula is C20H20ClN3O2. The number of hydroxylamine groups is 1. The van der Waals surface area contributed by atoms with Crippen LogP contribution in [-0.2, 0) is 0 Å². The normalized spacial score (nSPS) is 14.6. The van der Waals surface area contributed by atoms with Crippen molar-refractivity contribution < 1.29 is 9.62 Å². The van der Waals surface area contributed by atoms with Gasteiger partial charge in [-0.2, -0.15) is 0 Å². The van der Waals surface area contributed by atoms with E-state index in [2.05, 4.69) is 11.0 Å². The molecule has 0 amide bonds. The van der Waals surface area contributed by atoms with Crippen molar-refractivity contribution in [3.05, 3.63) is 59.3 Å². The fourth-order valence-electron chi connectivity index (χ4n) is 3.39. The SMILES string of the molecule is N=C(c1cc2cccc(N3CCCCC3)c2o1)N(O)c1cccc(Cl)c1. The number of hydrogen-bond acceptors (Lipinski definition) is 4. The fraction of sp³-hybridized carbons (Fsp3) is 0.250. The molecule has 5 nitrogen and oxygen atoms in total. The van der Waals surface area contributed by atoms with E-state index in [1.165, 1.54) is 19.3 Å². The molecule has 1 aromatic heterocycles. The van der Waals surface area contributed by atoms with Crippen LogP contribution in [0.1, 0.15) is 25.0 Å². The van der Waals surface area contributed by atoms with E-state index < -0.39 is 0 Å². The van der Waals surface area contributed by atoms with Gasteiger partial charge in [0.25, 0.3) is 0 Å². The van der Waals surface area contributed by atoms with Crippen molar-refractivity contribution in [3.8, 4) is 0 Å². The van der Waals surface area contributed by atoms with Gasteiger partial charge in [0.05, 0.1) is 11.4 Å². The number of furan rings is 1. The van der Waals surface area contributed by atoms with Crippen molar-refractivity contribution in [2.45, 2.75) is 19.3 Å². The van der Waals surface area contributed by atoms with Gasteiger partial charge in [-0.25, -0.2) is 5.06 Å². The molecule has 1 saturated heterocycles. The van der Waals surface area contributed by atoms with E-state index in [9.17, 15) is 5.21 Å². The summed E-state index contributed by atoms with van der Waals surface area (Å²) in [6.45, 7) is 2.03. The largest absolute Gasteiger partial charge is 0.451 e. The van der Waals surface area contributed by atoms with Gasteiger partial charge in [0.2, 0.25) is 0 Å². The highest BCUT2D eigenvalue weighted by atomic mass is 35.5. The Morgan fingerprint density at radius 1 is 1.08 bits per heavy atom. The first kappa shape index (κ1) is 16.9. The number of halogens is 1. The van der Waals surface area contributed by atoms with Crippen LogP contribution in [0.4, 0.5) is 11.4 Å². The lowest BCUT2D eigenvalue weighted by Crippen LogP contribution is -2.29. The Balaban J connectivity index is 1.67. The van der Waals surface area contributed by atoms with Crippen molar-refractivity contribution in [1.29, 1.82) is 5.41 Å². The van der Waals surface area contributed by atoms with Crippen LogP contribution in [0.5, 0.6) is 0 Å². The number of nitrogens with one attached hydrogen (secondary N) is 1. The second-order valence-corrected chi connectivity index (χ2v) is 6.93. The van der Waals surface area contributed by atoms with Crippen molar-refractivity contribution in [3.63, 3.8) is 0 Å². The monoisotopic (exact) mass is 369 g/mol. The first-order valence-electron chi connectivity index (χ1n) is 8.74. The third-order valence-corrected chi connectivity index (χ3v) is 4.95. The zero-order valence-electron chi connectivity index (χ0n) is 14.3. The van der Waals surface area contributed by atoms with E-state index in [1.807, 2.05) is 12.1 Å². The molecule has 0 saturated carbocycles. The molecule has 0 aliphatic carbocycles. The number of piperidine rings is 1. The molecule has 0 radical (unpaired) electrons. The van der Waals surface area contributed by atoms with Crippen LogP contribution in [0.15, 0.2) is 52.9 Å². The number of hydrogen-bond donors (Lipinski definition) is 2. The molecule has 134 valence electrons. The van der Waals surface area contributed by atoms with Crippen LogP contribution in [0.3, 0.4) is 0 Å². The summed E-state index contributed by atoms with van der Waals surface area (Å²) in [5.41, 5.74) is 2.22. The number of fused-ring (bicyclic) bond motifs is 1. The first-order chi connectivity index (χ1) is 12.6. The highest BCUT2D eigenvalue weighted by Gasteiger charge is 2.20. The maximum atomic E-state index is 10.4. The third kappa shape index (κ3) is 3.16. The molecule has 26 heavy (non-hydrogen) atoms. The zero-order chi connectivity index (χ0) is 18.1. The maximum absolute atomic E-state index is 10.4. The highest BCUT2D eigenvalue weighted by Crippen LogP contribution is 2.32. The van der Waals surface area contributed by atoms with Crippen LogP contribution in [0, 0.1) is 5.41 Å². The summed E-state index contributed by atoms with van der Waals surface area (Å²) >= 11 is 5.97. The Labute approximate surface area is 156 Å². The Morgan fingerprint density at radius 3 is 2.62 bits per heavy atom. The lowest BCUT2D eigenvalue weighted by Gasteiger charge is -2.28. The van der Waals surface area contributed by atoms with Crippen molar-refractivity contribution in [2.24, 2.45) is 0 Å². The van der Waals surface area contributed by atoms with Crippen molar-refractivity contribution in [2.75, 3.05) is 23.1 Å². The topological polar surface area (TPSA) is 63.7 Å². The van der Waals surface area contributed by atoms with E-state index in [1.54, 1.807) is 30.3 Å². The lowest BCUT2D eigenvalue weighted by molar-refractivity contribution is 0.309. The number of nitrogens with zero attached hydrogens (tertiary/aromatic N) is 2. The summed E-state index contributed by atoms with van der Waals surface area (Å²) in [5, 5.41) is 20.9. The molecule has 1 aliphatic heterocycles. The predicted molar refractivity (Wildman–Crippen MR) is 105 cm³/mol. The molecule has 0 unspecified atom stereocenters. The summed E-state index contributed by atoms with van der Waals surface area (Å²) in [6, 6.07) is 14.5. The highest BCUT2D eigenvalue weighted by molar-refractivity contribution is 6.31. The average Bonchev–Trinajstić information content (AvgIpc) is 3.12. The summed E-state index contributed by atoms with van der Waals surface area (Å²) in [4.78, 5) is 2.33. The molecule has 2 heterocycles. The summed E-state index contributed by atoms with van der Waals surface area (Å²) in [7, 11) is 0. The minimum Gasteiger partial charge on any atom is -0.451 e. The van der Waals surface area contributed by atoms with Gasteiger partial charge < -0.3 is 9.32 Å². The molecule has 2 aromatic carbocycles. The van der Waals surface area contributed by atoms with Gasteiger partial charge in [-0.15, -0.1) is 0 Å². The van der Waals surface area contributed by atoms with Crippen LogP contribution < -0.4 is 9.96 Å². The van der Waals surface area contributed by atoms with Gasteiger partial charge in [0.15, 0.2) is 17.2 Å². The molecule has 6 heteroatoms. The van der Waals surface area contributed by atoms with Crippen LogP contribution in [0.2, 0.25) is 5.02 Å². The molecule has 1 fully saturated rings. The maximum Gasteiger partial charge on any atom is 0.193 e. The average molecular weight is 370 g/mol. The number of rotatable bonds is 3. The minimum absolute atomic E-state index is 0.131. The van der Waals surface area contributed by atoms with Gasteiger partial charge in [-0.1, -0.05) is 29.8 Å². The molecule has 0 bridgehead atoms. The summed E-state index contributed by atoms with van der Waals surface area (Å²) in [6.07, 6.45) is 3.62. The molecule has 3 aromatic rings. The molecular weight excluding hydrogens is 350 g/mol. The fourth-order valence-corrected chi connectivity index (χ4v) is 3.57. The number of para-hydroxylation sites is 1. The third-order valence-electron chi connectivity index (χ3n) is 4.72. The smallest absolute Gasteiger partial charge is 0.193 e. The van der Waals surface area contributed by atoms with Gasteiger partial charge in [0.1, 0.15) is 0 Å². The minimum atomic E-state index is -0.131. The first-order valence-corrected chi connectivity index (χ1v) is 9.12. The van der Waals surface area contributed by atoms with Gasteiger partial charge >= 0.3 is 0 Å². The van der Waals surface area contributed by atoms with E-state index in [-0.39, 0.29) is 5.84 Å². The number of benzene rings is 2. The Kier molecular flexibility index (Phi) is 4.57. The molecule has 4 rings (SSSR count). The predicted octanol–water partition coefficient (Wildman–Crippen LogP) is 5.30. The second kappa shape index (κ2) is 7.02. The Morgan fingerprint density at radius 2 is 1.85 bits per heavy atom. The van der Waals surface area contributed by atoms with Gasteiger partial charge in [-0.05, 0) is 49.6 Å². The standard InChI is InChI=1S/C20H20ClN3O2/c21-15-7-5-8-16(13-15)24(25)20(22)18-12-14-6-4-9-17(19(14)26-18)23-10-2-1-3-11-23/h4-9,12-13,22,25H,1-3,10-11H2. The second-order valence-electron chi connectivity index (χ2n) is 6.49. The van der Waals surface area contributed by atoms with E-state index in [0.29, 0.717) is 16.5 Å². The van der Waals surface area contributed by atoms with Crippen LogP contribution >= 0.6 is 11.6 Å². The van der Waals surface area contributed by atoms with E-state index >= 15 is 0 Å². The Hall–Kier alpha value is -2.50. The van der Waals surface area contributed by atoms with Crippen LogP contribution in [-0.4, -0.2) is 24.1 Å². The molecule has 2 N–H and O–H groups in total. The lowest BCUT2D eigenvalue weighted by atomic mass is 10.1. The molecule has 0 atom stereocenters. The number of amidine groups is 1. The molecule has 1 aliphatic rings. The van der Waals surface area contributed by atoms with Crippen LogP contribution in [0.25, 0.3) is 11.0 Å². The van der Waals surface area contributed by atoms with Gasteiger partial charge in [-0.3, -0.25) is 10.6 Å².